The molecule has 120 valence electrons. The molecule has 22 heavy (non-hydrogen) atoms. The quantitative estimate of drug-likeness (QED) is 0.870. The zero-order valence-corrected chi connectivity index (χ0v) is 14.5. The van der Waals surface area contributed by atoms with E-state index in [0.717, 1.165) is 6.54 Å². The lowest BCUT2D eigenvalue weighted by Crippen LogP contribution is -3.15. The van der Waals surface area contributed by atoms with E-state index in [4.69, 9.17) is 28.5 Å². The van der Waals surface area contributed by atoms with Crippen molar-refractivity contribution in [3.05, 3.63) is 28.2 Å². The molecule has 8 heteroatoms. The zero-order valence-electron chi connectivity index (χ0n) is 12.2. The minimum absolute atomic E-state index is 0.0273. The average molecular weight is 363 g/mol. The van der Waals surface area contributed by atoms with Crippen LogP contribution in [0.2, 0.25) is 10.0 Å². The number of piperazine rings is 1. The molecule has 1 atom stereocenters. The third kappa shape index (κ3) is 3.73. The van der Waals surface area contributed by atoms with Crippen LogP contribution in [0.4, 0.5) is 0 Å². The Morgan fingerprint density at radius 1 is 1.36 bits per heavy atom. The highest BCUT2D eigenvalue weighted by Gasteiger charge is 2.32. The number of hydrogen-bond acceptors (Lipinski definition) is 3. The van der Waals surface area contributed by atoms with Crippen LogP contribution in [0.3, 0.4) is 0 Å². The molecular weight excluding hydrogens is 345 g/mol. The monoisotopic (exact) mass is 362 g/mol. The van der Waals surface area contributed by atoms with E-state index in [2.05, 4.69) is 6.07 Å². The van der Waals surface area contributed by atoms with Crippen molar-refractivity contribution in [3.63, 3.8) is 0 Å². The van der Waals surface area contributed by atoms with Crippen LogP contribution in [0.1, 0.15) is 6.92 Å². The molecule has 0 unspecified atom stereocenters. The highest BCUT2D eigenvalue weighted by atomic mass is 35.5. The first-order chi connectivity index (χ1) is 10.4. The lowest BCUT2D eigenvalue weighted by molar-refractivity contribution is -0.905. The van der Waals surface area contributed by atoms with Gasteiger partial charge in [-0.1, -0.05) is 29.3 Å². The standard InChI is InChI=1S/C14H17Cl2N3O2S/c1-11(9-17)10-18-5-7-19(8-6-18)22(20,21)13-4-2-3-12(15)14(13)16/h2-4,11H,5-8,10H2,1H3/p+1/t11-/m1/s1. The van der Waals surface area contributed by atoms with Gasteiger partial charge in [0, 0.05) is 0 Å². The van der Waals surface area contributed by atoms with Gasteiger partial charge in [-0.25, -0.2) is 8.42 Å². The van der Waals surface area contributed by atoms with Gasteiger partial charge in [0.15, 0.2) is 0 Å². The van der Waals surface area contributed by atoms with Gasteiger partial charge < -0.3 is 4.90 Å². The van der Waals surface area contributed by atoms with Gasteiger partial charge in [0.25, 0.3) is 0 Å². The Labute approximate surface area is 141 Å². The Morgan fingerprint density at radius 2 is 2.00 bits per heavy atom. The van der Waals surface area contributed by atoms with Crippen LogP contribution in [-0.4, -0.2) is 45.4 Å². The van der Waals surface area contributed by atoms with E-state index in [-0.39, 0.29) is 20.9 Å². The molecule has 1 fully saturated rings. The van der Waals surface area contributed by atoms with E-state index in [1.807, 2.05) is 6.92 Å². The molecule has 0 radical (unpaired) electrons. The SMILES string of the molecule is C[C@H](C#N)C[NH+]1CCN(S(=O)(=O)c2cccc(Cl)c2Cl)CC1. The number of quaternary nitrogens is 1. The number of halogens is 2. The lowest BCUT2D eigenvalue weighted by atomic mass is 10.2. The topological polar surface area (TPSA) is 65.6 Å². The molecule has 1 aliphatic rings. The van der Waals surface area contributed by atoms with Crippen molar-refractivity contribution < 1.29 is 13.3 Å². The van der Waals surface area contributed by atoms with Crippen molar-refractivity contribution in [1.29, 1.82) is 5.26 Å². The van der Waals surface area contributed by atoms with Crippen molar-refractivity contribution in [2.24, 2.45) is 5.92 Å². The van der Waals surface area contributed by atoms with E-state index in [1.165, 1.54) is 15.3 Å². The maximum absolute atomic E-state index is 12.7. The van der Waals surface area contributed by atoms with Crippen LogP contribution < -0.4 is 4.90 Å². The normalized spacial score (nSPS) is 18.8. The minimum atomic E-state index is -3.63. The molecule has 1 heterocycles. The van der Waals surface area contributed by atoms with Crippen LogP contribution in [0.15, 0.2) is 23.1 Å². The number of nitrogens with zero attached hydrogens (tertiary/aromatic N) is 2. The third-order valence-electron chi connectivity index (χ3n) is 3.78. The summed E-state index contributed by atoms with van der Waals surface area (Å²) in [5.41, 5.74) is 0. The Bertz CT molecular complexity index is 680. The van der Waals surface area contributed by atoms with Gasteiger partial charge in [-0.3, -0.25) is 0 Å². The highest BCUT2D eigenvalue weighted by Crippen LogP contribution is 2.30. The maximum Gasteiger partial charge on any atom is 0.245 e. The van der Waals surface area contributed by atoms with Crippen LogP contribution in [0.25, 0.3) is 0 Å². The Morgan fingerprint density at radius 3 is 2.59 bits per heavy atom. The molecule has 1 saturated heterocycles. The fourth-order valence-corrected chi connectivity index (χ4v) is 4.73. The molecule has 1 aliphatic heterocycles. The highest BCUT2D eigenvalue weighted by molar-refractivity contribution is 7.89. The van der Waals surface area contributed by atoms with Gasteiger partial charge in [0.2, 0.25) is 10.0 Å². The molecule has 0 aromatic heterocycles. The maximum atomic E-state index is 12.7. The van der Waals surface area contributed by atoms with Gasteiger partial charge in [0.1, 0.15) is 4.90 Å². The Kier molecular flexibility index (Phi) is 5.70. The summed E-state index contributed by atoms with van der Waals surface area (Å²) < 4.78 is 26.8. The summed E-state index contributed by atoms with van der Waals surface area (Å²) in [6.07, 6.45) is 0. The van der Waals surface area contributed by atoms with Crippen LogP contribution in [-0.2, 0) is 10.0 Å². The summed E-state index contributed by atoms with van der Waals surface area (Å²) in [5, 5.41) is 9.15. The predicted octanol–water partition coefficient (Wildman–Crippen LogP) is 1.04. The summed E-state index contributed by atoms with van der Waals surface area (Å²) in [4.78, 5) is 1.30. The van der Waals surface area contributed by atoms with E-state index in [9.17, 15) is 8.42 Å². The van der Waals surface area contributed by atoms with E-state index >= 15 is 0 Å². The number of nitrogens with one attached hydrogen (secondary N) is 1. The first kappa shape index (κ1) is 17.5. The summed E-state index contributed by atoms with van der Waals surface area (Å²) >= 11 is 11.9. The van der Waals surface area contributed by atoms with Crippen LogP contribution in [0, 0.1) is 17.2 Å². The number of rotatable bonds is 4. The third-order valence-corrected chi connectivity index (χ3v) is 6.65. The second kappa shape index (κ2) is 7.16. The van der Waals surface area contributed by atoms with Gasteiger partial charge in [-0.2, -0.15) is 9.57 Å². The van der Waals surface area contributed by atoms with Gasteiger partial charge in [0.05, 0.1) is 54.8 Å². The van der Waals surface area contributed by atoms with Crippen molar-refractivity contribution in [3.8, 4) is 6.07 Å². The van der Waals surface area contributed by atoms with Crippen molar-refractivity contribution in [2.75, 3.05) is 32.7 Å². The number of hydrogen-bond donors (Lipinski definition) is 1. The van der Waals surface area contributed by atoms with Crippen molar-refractivity contribution in [2.45, 2.75) is 11.8 Å². The molecule has 0 saturated carbocycles. The first-order valence-electron chi connectivity index (χ1n) is 7.03. The molecule has 0 spiro atoms. The largest absolute Gasteiger partial charge is 0.332 e. The van der Waals surface area contributed by atoms with Crippen LogP contribution in [0.5, 0.6) is 0 Å². The lowest BCUT2D eigenvalue weighted by Gasteiger charge is -2.32. The molecule has 0 bridgehead atoms. The molecule has 1 aromatic carbocycles. The van der Waals surface area contributed by atoms with Crippen LogP contribution >= 0.6 is 23.2 Å². The zero-order chi connectivity index (χ0) is 16.3. The summed E-state index contributed by atoms with van der Waals surface area (Å²) in [7, 11) is -3.63. The molecule has 0 amide bonds. The van der Waals surface area contributed by atoms with E-state index < -0.39 is 10.0 Å². The molecule has 1 N–H and O–H groups in total. The van der Waals surface area contributed by atoms with Gasteiger partial charge in [-0.15, -0.1) is 0 Å². The molecule has 2 rings (SSSR count). The summed E-state index contributed by atoms with van der Waals surface area (Å²) in [6, 6.07) is 6.83. The number of benzene rings is 1. The Balaban J connectivity index is 2.10. The molecule has 5 nitrogen and oxygen atoms in total. The van der Waals surface area contributed by atoms with Gasteiger partial charge in [-0.05, 0) is 19.1 Å². The van der Waals surface area contributed by atoms with Crippen molar-refractivity contribution >= 4 is 33.2 Å². The minimum Gasteiger partial charge on any atom is -0.332 e. The van der Waals surface area contributed by atoms with Crippen molar-refractivity contribution in [1.82, 2.24) is 4.31 Å². The number of nitriles is 1. The predicted molar refractivity (Wildman–Crippen MR) is 85.6 cm³/mol. The fourth-order valence-electron chi connectivity index (χ4n) is 2.55. The number of sulfonamides is 1. The summed E-state index contributed by atoms with van der Waals surface area (Å²) in [6.45, 7) is 4.81. The molecule has 0 aliphatic carbocycles. The fraction of sp³-hybridized carbons (Fsp3) is 0.500. The van der Waals surface area contributed by atoms with Gasteiger partial charge >= 0.3 is 0 Å². The first-order valence-corrected chi connectivity index (χ1v) is 9.23. The molecular formula is C14H18Cl2N3O2S+. The average Bonchev–Trinajstić information content (AvgIpc) is 2.50. The van der Waals surface area contributed by atoms with E-state index in [0.29, 0.717) is 26.2 Å². The van der Waals surface area contributed by atoms with E-state index in [1.54, 1.807) is 12.1 Å². The smallest absolute Gasteiger partial charge is 0.245 e. The second-order valence-corrected chi connectivity index (χ2v) is 8.13. The molecule has 1 aromatic rings. The summed E-state index contributed by atoms with van der Waals surface area (Å²) in [5.74, 6) is -0.0273. The Hall–Kier alpha value is -0.840. The second-order valence-electron chi connectivity index (χ2n) is 5.44.